The molecule has 0 spiro atoms. The van der Waals surface area contributed by atoms with Crippen molar-refractivity contribution in [3.05, 3.63) is 102 Å². The molecule has 0 aliphatic heterocycles. The predicted octanol–water partition coefficient (Wildman–Crippen LogP) is 5.40. The van der Waals surface area contributed by atoms with Gasteiger partial charge in [0.15, 0.2) is 11.7 Å². The number of hydrogen-bond donors (Lipinski definition) is 1. The van der Waals surface area contributed by atoms with Crippen LogP contribution in [-0.4, -0.2) is 10.9 Å². The average Bonchev–Trinajstić information content (AvgIpc) is 3.23. The van der Waals surface area contributed by atoms with E-state index in [0.29, 0.717) is 24.6 Å². The van der Waals surface area contributed by atoms with Gasteiger partial charge in [-0.2, -0.15) is 0 Å². The number of aromatic nitrogens is 1. The lowest BCUT2D eigenvalue weighted by atomic mass is 10.1. The van der Waals surface area contributed by atoms with Crippen LogP contribution in [0.15, 0.2) is 89.3 Å². The SMILES string of the molecule is O=C(CCc1nc(-c2ccccc2)c(-c2ccccc2)o1)NCc1ccc(F)cc1. The number of amides is 1. The fourth-order valence-corrected chi connectivity index (χ4v) is 3.16. The summed E-state index contributed by atoms with van der Waals surface area (Å²) in [5, 5.41) is 2.84. The highest BCUT2D eigenvalue weighted by molar-refractivity contribution is 5.77. The number of nitrogens with zero attached hydrogens (tertiary/aromatic N) is 1. The molecule has 0 radical (unpaired) electrons. The van der Waals surface area contributed by atoms with Gasteiger partial charge in [-0.05, 0) is 17.7 Å². The number of carbonyl (C=O) groups excluding carboxylic acids is 1. The topological polar surface area (TPSA) is 55.1 Å². The van der Waals surface area contributed by atoms with Crippen molar-refractivity contribution in [3.63, 3.8) is 0 Å². The van der Waals surface area contributed by atoms with Crippen LogP contribution in [0.2, 0.25) is 0 Å². The van der Waals surface area contributed by atoms with Crippen LogP contribution in [0.25, 0.3) is 22.6 Å². The quantitative estimate of drug-likeness (QED) is 0.452. The summed E-state index contributed by atoms with van der Waals surface area (Å²) < 4.78 is 19.0. The summed E-state index contributed by atoms with van der Waals surface area (Å²) in [6.45, 7) is 0.356. The minimum atomic E-state index is -0.294. The first-order chi connectivity index (χ1) is 14.7. The summed E-state index contributed by atoms with van der Waals surface area (Å²) in [4.78, 5) is 16.9. The van der Waals surface area contributed by atoms with Gasteiger partial charge in [0, 0.05) is 30.5 Å². The van der Waals surface area contributed by atoms with Gasteiger partial charge in [0.1, 0.15) is 11.5 Å². The molecule has 0 saturated carbocycles. The summed E-state index contributed by atoms with van der Waals surface area (Å²) in [6, 6.07) is 25.7. The highest BCUT2D eigenvalue weighted by Crippen LogP contribution is 2.32. The number of hydrogen-bond acceptors (Lipinski definition) is 3. The largest absolute Gasteiger partial charge is 0.440 e. The van der Waals surface area contributed by atoms with Crippen molar-refractivity contribution in [1.29, 1.82) is 0 Å². The molecule has 0 saturated heterocycles. The van der Waals surface area contributed by atoms with E-state index >= 15 is 0 Å². The Morgan fingerprint density at radius 3 is 2.17 bits per heavy atom. The van der Waals surface area contributed by atoms with E-state index in [0.717, 1.165) is 22.4 Å². The highest BCUT2D eigenvalue weighted by Gasteiger charge is 2.17. The maximum absolute atomic E-state index is 13.0. The van der Waals surface area contributed by atoms with Crippen molar-refractivity contribution in [2.24, 2.45) is 0 Å². The second kappa shape index (κ2) is 9.18. The van der Waals surface area contributed by atoms with E-state index in [2.05, 4.69) is 10.3 Å². The van der Waals surface area contributed by atoms with Crippen LogP contribution in [0.3, 0.4) is 0 Å². The van der Waals surface area contributed by atoms with Crippen LogP contribution in [0.1, 0.15) is 17.9 Å². The van der Waals surface area contributed by atoms with Gasteiger partial charge in [-0.15, -0.1) is 0 Å². The van der Waals surface area contributed by atoms with Gasteiger partial charge in [0.25, 0.3) is 0 Å². The lowest BCUT2D eigenvalue weighted by molar-refractivity contribution is -0.121. The monoisotopic (exact) mass is 400 g/mol. The zero-order chi connectivity index (χ0) is 20.8. The fourth-order valence-electron chi connectivity index (χ4n) is 3.16. The lowest BCUT2D eigenvalue weighted by Crippen LogP contribution is -2.23. The van der Waals surface area contributed by atoms with E-state index < -0.39 is 0 Å². The molecule has 3 aromatic carbocycles. The third kappa shape index (κ3) is 4.81. The first-order valence-electron chi connectivity index (χ1n) is 9.81. The standard InChI is InChI=1S/C25H21FN2O2/c26-21-13-11-18(12-14-21)17-27-22(29)15-16-23-28-24(19-7-3-1-4-8-19)25(30-23)20-9-5-2-6-10-20/h1-14H,15-17H2,(H,27,29). The second-order valence-electron chi connectivity index (χ2n) is 6.92. The van der Waals surface area contributed by atoms with Gasteiger partial charge in [-0.25, -0.2) is 9.37 Å². The van der Waals surface area contributed by atoms with Crippen LogP contribution in [0.5, 0.6) is 0 Å². The van der Waals surface area contributed by atoms with Crippen molar-refractivity contribution in [2.75, 3.05) is 0 Å². The number of nitrogens with one attached hydrogen (secondary N) is 1. The fraction of sp³-hybridized carbons (Fsp3) is 0.120. The van der Waals surface area contributed by atoms with Crippen molar-refractivity contribution < 1.29 is 13.6 Å². The van der Waals surface area contributed by atoms with Crippen molar-refractivity contribution in [2.45, 2.75) is 19.4 Å². The van der Waals surface area contributed by atoms with E-state index in [4.69, 9.17) is 4.42 Å². The number of aryl methyl sites for hydroxylation is 1. The molecule has 0 atom stereocenters. The van der Waals surface area contributed by atoms with Crippen LogP contribution < -0.4 is 5.32 Å². The lowest BCUT2D eigenvalue weighted by Gasteiger charge is -2.04. The Morgan fingerprint density at radius 2 is 1.50 bits per heavy atom. The van der Waals surface area contributed by atoms with Crippen LogP contribution >= 0.6 is 0 Å². The van der Waals surface area contributed by atoms with Gasteiger partial charge in [-0.3, -0.25) is 4.79 Å². The maximum atomic E-state index is 13.0. The van der Waals surface area contributed by atoms with Crippen LogP contribution in [0.4, 0.5) is 4.39 Å². The molecule has 0 unspecified atom stereocenters. The first-order valence-corrected chi connectivity index (χ1v) is 9.81. The molecule has 0 fully saturated rings. The number of halogens is 1. The van der Waals surface area contributed by atoms with Gasteiger partial charge in [-0.1, -0.05) is 72.8 Å². The molecule has 4 nitrogen and oxygen atoms in total. The van der Waals surface area contributed by atoms with Crippen molar-refractivity contribution >= 4 is 5.91 Å². The van der Waals surface area contributed by atoms with E-state index in [9.17, 15) is 9.18 Å². The third-order valence-corrected chi connectivity index (χ3v) is 4.72. The van der Waals surface area contributed by atoms with Gasteiger partial charge in [0.05, 0.1) is 0 Å². The smallest absolute Gasteiger partial charge is 0.220 e. The number of rotatable bonds is 7. The molecule has 0 bridgehead atoms. The normalized spacial score (nSPS) is 10.7. The Morgan fingerprint density at radius 1 is 0.867 bits per heavy atom. The van der Waals surface area contributed by atoms with Gasteiger partial charge < -0.3 is 9.73 Å². The molecular weight excluding hydrogens is 379 g/mol. The van der Waals surface area contributed by atoms with E-state index in [1.54, 1.807) is 12.1 Å². The van der Waals surface area contributed by atoms with Gasteiger partial charge in [0.2, 0.25) is 5.91 Å². The van der Waals surface area contributed by atoms with Crippen LogP contribution in [-0.2, 0) is 17.8 Å². The Bertz CT molecular complexity index is 1050. The Balaban J connectivity index is 1.46. The minimum Gasteiger partial charge on any atom is -0.440 e. The molecule has 1 N–H and O–H groups in total. The molecule has 4 aromatic rings. The molecule has 1 amide bonds. The first kappa shape index (κ1) is 19.6. The van der Waals surface area contributed by atoms with Crippen LogP contribution in [0, 0.1) is 5.82 Å². The highest BCUT2D eigenvalue weighted by atomic mass is 19.1. The van der Waals surface area contributed by atoms with Gasteiger partial charge >= 0.3 is 0 Å². The zero-order valence-corrected chi connectivity index (χ0v) is 16.3. The molecule has 5 heteroatoms. The third-order valence-electron chi connectivity index (χ3n) is 4.72. The van der Waals surface area contributed by atoms with E-state index in [1.807, 2.05) is 60.7 Å². The summed E-state index contributed by atoms with van der Waals surface area (Å²) in [7, 11) is 0. The maximum Gasteiger partial charge on any atom is 0.220 e. The molecule has 1 aromatic heterocycles. The summed E-state index contributed by atoms with van der Waals surface area (Å²) in [5.74, 6) is 0.811. The molecule has 0 aliphatic rings. The Kier molecular flexibility index (Phi) is 5.99. The zero-order valence-electron chi connectivity index (χ0n) is 16.3. The van der Waals surface area contributed by atoms with Crippen molar-refractivity contribution in [3.8, 4) is 22.6 Å². The molecular formula is C25H21FN2O2. The molecule has 1 heterocycles. The average molecular weight is 400 g/mol. The summed E-state index contributed by atoms with van der Waals surface area (Å²) >= 11 is 0. The Hall–Kier alpha value is -3.73. The molecule has 0 aliphatic carbocycles. The number of benzene rings is 3. The Labute approximate surface area is 174 Å². The molecule has 150 valence electrons. The van der Waals surface area contributed by atoms with E-state index in [1.165, 1.54) is 12.1 Å². The molecule has 4 rings (SSSR count). The predicted molar refractivity (Wildman–Crippen MR) is 114 cm³/mol. The van der Waals surface area contributed by atoms with E-state index in [-0.39, 0.29) is 18.1 Å². The summed E-state index contributed by atoms with van der Waals surface area (Å²) in [5.41, 5.74) is 3.52. The second-order valence-corrected chi connectivity index (χ2v) is 6.92. The minimum absolute atomic E-state index is 0.111. The molecule has 30 heavy (non-hydrogen) atoms. The summed E-state index contributed by atoms with van der Waals surface area (Å²) in [6.07, 6.45) is 0.645. The number of oxazole rings is 1. The van der Waals surface area contributed by atoms with Crippen molar-refractivity contribution in [1.82, 2.24) is 10.3 Å². The number of carbonyl (C=O) groups is 1.